The minimum Gasteiger partial charge on any atom is -0.349 e. The number of benzene rings is 1. The molecule has 1 aliphatic rings. The van der Waals surface area contributed by atoms with Gasteiger partial charge in [-0.2, -0.15) is 0 Å². The average Bonchev–Trinajstić information content (AvgIpc) is 2.43. The Balaban J connectivity index is 2.22. The van der Waals surface area contributed by atoms with Gasteiger partial charge in [-0.05, 0) is 19.4 Å². The lowest BCUT2D eigenvalue weighted by Gasteiger charge is -2.49. The van der Waals surface area contributed by atoms with Crippen molar-refractivity contribution in [3.63, 3.8) is 0 Å². The fourth-order valence-electron chi connectivity index (χ4n) is 2.09. The van der Waals surface area contributed by atoms with Crippen LogP contribution < -0.4 is 0 Å². The quantitative estimate of drug-likeness (QED) is 0.828. The van der Waals surface area contributed by atoms with Crippen molar-refractivity contribution in [3.8, 4) is 0 Å². The Hall–Kier alpha value is -0.940. The summed E-state index contributed by atoms with van der Waals surface area (Å²) in [6, 6.07) is 9.96. The second-order valence-electron chi connectivity index (χ2n) is 4.63. The lowest BCUT2D eigenvalue weighted by atomic mass is 10.0. The highest BCUT2D eigenvalue weighted by atomic mass is 16.8. The second-order valence-corrected chi connectivity index (χ2v) is 4.63. The molecular weight excluding hydrogens is 232 g/mol. The summed E-state index contributed by atoms with van der Waals surface area (Å²) in [5, 5.41) is 0. The van der Waals surface area contributed by atoms with Crippen molar-refractivity contribution in [2.75, 3.05) is 20.8 Å². The van der Waals surface area contributed by atoms with Crippen LogP contribution in [0.5, 0.6) is 0 Å². The van der Waals surface area contributed by atoms with Crippen molar-refractivity contribution in [3.05, 3.63) is 35.9 Å². The van der Waals surface area contributed by atoms with Gasteiger partial charge in [0.25, 0.3) is 0 Å². The number of hydrogen-bond acceptors (Lipinski definition) is 4. The molecule has 18 heavy (non-hydrogen) atoms. The highest BCUT2D eigenvalue weighted by Gasteiger charge is 2.53. The average molecular weight is 252 g/mol. The van der Waals surface area contributed by atoms with Gasteiger partial charge < -0.3 is 18.9 Å². The van der Waals surface area contributed by atoms with Crippen LogP contribution in [0, 0.1) is 0 Å². The first-order chi connectivity index (χ1) is 8.54. The van der Waals surface area contributed by atoms with E-state index in [1.54, 1.807) is 14.2 Å². The van der Waals surface area contributed by atoms with Crippen molar-refractivity contribution >= 4 is 0 Å². The zero-order valence-electron chi connectivity index (χ0n) is 11.3. The lowest BCUT2D eigenvalue weighted by molar-refractivity contribution is -0.433. The predicted molar refractivity (Wildman–Crippen MR) is 67.0 cm³/mol. The summed E-state index contributed by atoms with van der Waals surface area (Å²) in [4.78, 5) is 0. The Morgan fingerprint density at radius 1 is 1.06 bits per heavy atom. The SMILES string of the molecule is COC1(C)OC[C@H](c2ccccc2)O[C@@]1(C)OC. The summed E-state index contributed by atoms with van der Waals surface area (Å²) >= 11 is 0. The molecule has 4 nitrogen and oxygen atoms in total. The fourth-order valence-corrected chi connectivity index (χ4v) is 2.09. The van der Waals surface area contributed by atoms with Crippen molar-refractivity contribution in [1.29, 1.82) is 0 Å². The Kier molecular flexibility index (Phi) is 3.73. The van der Waals surface area contributed by atoms with E-state index in [9.17, 15) is 0 Å². The van der Waals surface area contributed by atoms with E-state index in [0.717, 1.165) is 5.56 Å². The first kappa shape index (κ1) is 13.5. The largest absolute Gasteiger partial charge is 0.349 e. The lowest BCUT2D eigenvalue weighted by Crippen LogP contribution is -2.60. The standard InChI is InChI=1S/C14H20O4/c1-13(15-3)14(2,16-4)18-12(10-17-13)11-8-6-5-7-9-11/h5-9,12H,10H2,1-4H3/t12-,13?,14-/m1/s1. The van der Waals surface area contributed by atoms with Gasteiger partial charge >= 0.3 is 0 Å². The molecule has 0 spiro atoms. The first-order valence-corrected chi connectivity index (χ1v) is 6.01. The number of rotatable bonds is 3. The summed E-state index contributed by atoms with van der Waals surface area (Å²) in [5.74, 6) is -1.85. The van der Waals surface area contributed by atoms with Crippen LogP contribution in [-0.4, -0.2) is 32.4 Å². The highest BCUT2D eigenvalue weighted by Crippen LogP contribution is 2.40. The molecule has 0 aromatic heterocycles. The van der Waals surface area contributed by atoms with E-state index in [0.29, 0.717) is 6.61 Å². The van der Waals surface area contributed by atoms with Crippen molar-refractivity contribution < 1.29 is 18.9 Å². The summed E-state index contributed by atoms with van der Waals surface area (Å²) in [6.07, 6.45) is -0.153. The van der Waals surface area contributed by atoms with Crippen LogP contribution >= 0.6 is 0 Å². The maximum atomic E-state index is 6.04. The van der Waals surface area contributed by atoms with Gasteiger partial charge in [0.15, 0.2) is 0 Å². The third-order valence-electron chi connectivity index (χ3n) is 3.65. The van der Waals surface area contributed by atoms with Crippen molar-refractivity contribution in [1.82, 2.24) is 0 Å². The summed E-state index contributed by atoms with van der Waals surface area (Å²) < 4.78 is 22.7. The van der Waals surface area contributed by atoms with Gasteiger partial charge in [-0.25, -0.2) is 0 Å². The van der Waals surface area contributed by atoms with Crippen molar-refractivity contribution in [2.24, 2.45) is 0 Å². The second kappa shape index (κ2) is 4.97. The summed E-state index contributed by atoms with van der Waals surface area (Å²) in [6.45, 7) is 4.08. The van der Waals surface area contributed by atoms with Crippen LogP contribution in [0.2, 0.25) is 0 Å². The molecule has 0 aliphatic carbocycles. The molecule has 1 fully saturated rings. The topological polar surface area (TPSA) is 36.9 Å². The molecule has 1 unspecified atom stereocenters. The molecule has 0 N–H and O–H groups in total. The maximum absolute atomic E-state index is 6.04. The van der Waals surface area contributed by atoms with E-state index in [2.05, 4.69) is 0 Å². The minimum atomic E-state index is -0.944. The van der Waals surface area contributed by atoms with Gasteiger partial charge in [0.1, 0.15) is 6.10 Å². The van der Waals surface area contributed by atoms with E-state index in [-0.39, 0.29) is 6.10 Å². The normalized spacial score (nSPS) is 36.6. The number of methoxy groups -OCH3 is 2. The van der Waals surface area contributed by atoms with Crippen LogP contribution in [0.4, 0.5) is 0 Å². The summed E-state index contributed by atoms with van der Waals surface area (Å²) in [7, 11) is 3.18. The molecule has 0 bridgehead atoms. The minimum absolute atomic E-state index is 0.153. The molecule has 1 heterocycles. The van der Waals surface area contributed by atoms with Gasteiger partial charge in [-0.1, -0.05) is 30.3 Å². The number of ether oxygens (including phenoxy) is 4. The Morgan fingerprint density at radius 3 is 2.22 bits per heavy atom. The van der Waals surface area contributed by atoms with Crippen LogP contribution in [-0.2, 0) is 18.9 Å². The Labute approximate surface area is 108 Å². The molecule has 3 atom stereocenters. The molecular formula is C14H20O4. The van der Waals surface area contributed by atoms with Crippen LogP contribution in [0.25, 0.3) is 0 Å². The predicted octanol–water partition coefficient (Wildman–Crippen LogP) is 2.50. The van der Waals surface area contributed by atoms with E-state index in [4.69, 9.17) is 18.9 Å². The first-order valence-electron chi connectivity index (χ1n) is 6.01. The maximum Gasteiger partial charge on any atom is 0.220 e. The molecule has 100 valence electrons. The van der Waals surface area contributed by atoms with E-state index < -0.39 is 11.6 Å². The Bertz CT molecular complexity index is 394. The monoisotopic (exact) mass is 252 g/mol. The van der Waals surface area contributed by atoms with Crippen LogP contribution in [0.1, 0.15) is 25.5 Å². The van der Waals surface area contributed by atoms with Gasteiger partial charge in [0.05, 0.1) is 6.61 Å². The smallest absolute Gasteiger partial charge is 0.220 e. The summed E-state index contributed by atoms with van der Waals surface area (Å²) in [5.41, 5.74) is 1.07. The van der Waals surface area contributed by atoms with Gasteiger partial charge in [-0.3, -0.25) is 0 Å². The fraction of sp³-hybridized carbons (Fsp3) is 0.571. The molecule has 1 aliphatic heterocycles. The molecule has 1 aromatic rings. The van der Waals surface area contributed by atoms with Crippen molar-refractivity contribution in [2.45, 2.75) is 31.5 Å². The molecule has 0 radical (unpaired) electrons. The molecule has 0 saturated carbocycles. The third-order valence-corrected chi connectivity index (χ3v) is 3.65. The van der Waals surface area contributed by atoms with E-state index in [1.165, 1.54) is 0 Å². The van der Waals surface area contributed by atoms with Crippen LogP contribution in [0.15, 0.2) is 30.3 Å². The molecule has 0 amide bonds. The number of hydrogen-bond donors (Lipinski definition) is 0. The molecule has 1 aromatic carbocycles. The zero-order valence-corrected chi connectivity index (χ0v) is 11.3. The van der Waals surface area contributed by atoms with Gasteiger partial charge in [0.2, 0.25) is 11.6 Å². The molecule has 2 rings (SSSR count). The molecule has 4 heteroatoms. The highest BCUT2D eigenvalue weighted by molar-refractivity contribution is 5.18. The van der Waals surface area contributed by atoms with E-state index in [1.807, 2.05) is 44.2 Å². The molecule has 1 saturated heterocycles. The van der Waals surface area contributed by atoms with E-state index >= 15 is 0 Å². The van der Waals surface area contributed by atoms with Gasteiger partial charge in [-0.15, -0.1) is 0 Å². The third kappa shape index (κ3) is 2.17. The zero-order chi connectivity index (χ0) is 13.2. The Morgan fingerprint density at radius 2 is 1.67 bits per heavy atom. The van der Waals surface area contributed by atoms with Gasteiger partial charge in [0, 0.05) is 14.2 Å². The van der Waals surface area contributed by atoms with Crippen LogP contribution in [0.3, 0.4) is 0 Å².